The van der Waals surface area contributed by atoms with Gasteiger partial charge in [0.2, 0.25) is 5.91 Å². The molecule has 0 unspecified atom stereocenters. The molecular weight excluding hydrogens is 391 g/mol. The average molecular weight is 418 g/mol. The first-order valence-electron chi connectivity index (χ1n) is 7.55. The molecule has 0 saturated carbocycles. The molecule has 1 aromatic carbocycles. The van der Waals surface area contributed by atoms with Crippen LogP contribution in [0.4, 0.5) is 0 Å². The Morgan fingerprint density at radius 1 is 1.09 bits per heavy atom. The first-order valence-corrected chi connectivity index (χ1v) is 7.55. The van der Waals surface area contributed by atoms with E-state index in [1.807, 2.05) is 56.0 Å². The van der Waals surface area contributed by atoms with Crippen molar-refractivity contribution in [3.63, 3.8) is 0 Å². The Balaban J connectivity index is 0.00000441. The van der Waals surface area contributed by atoms with Crippen molar-refractivity contribution in [3.05, 3.63) is 35.9 Å². The Bertz CT molecular complexity index is 443. The summed E-state index contributed by atoms with van der Waals surface area (Å²) in [7, 11) is 0. The Morgan fingerprint density at radius 2 is 1.68 bits per heavy atom. The van der Waals surface area contributed by atoms with E-state index in [9.17, 15) is 4.79 Å². The van der Waals surface area contributed by atoms with Gasteiger partial charge in [-0.1, -0.05) is 30.3 Å². The third-order valence-corrected chi connectivity index (χ3v) is 3.01. The molecule has 0 aliphatic heterocycles. The molecule has 0 spiro atoms. The minimum atomic E-state index is 0. The summed E-state index contributed by atoms with van der Waals surface area (Å²) in [6, 6.07) is 10.0. The highest BCUT2D eigenvalue weighted by atomic mass is 127. The van der Waals surface area contributed by atoms with Crippen molar-refractivity contribution in [2.75, 3.05) is 26.2 Å². The molecule has 0 aliphatic carbocycles. The number of nitrogens with one attached hydrogen (secondary N) is 2. The van der Waals surface area contributed by atoms with Crippen LogP contribution in [0.2, 0.25) is 0 Å². The highest BCUT2D eigenvalue weighted by Gasteiger charge is 2.11. The van der Waals surface area contributed by atoms with Crippen molar-refractivity contribution in [1.82, 2.24) is 15.5 Å². The molecule has 22 heavy (non-hydrogen) atoms. The maximum Gasteiger partial charge on any atom is 0.244 e. The van der Waals surface area contributed by atoms with Gasteiger partial charge < -0.3 is 15.5 Å². The maximum atomic E-state index is 12.3. The Hall–Kier alpha value is -1.31. The third kappa shape index (κ3) is 7.63. The predicted octanol–water partition coefficient (Wildman–Crippen LogP) is 2.23. The summed E-state index contributed by atoms with van der Waals surface area (Å²) >= 11 is 0. The van der Waals surface area contributed by atoms with E-state index in [0.717, 1.165) is 18.7 Å². The molecule has 2 N–H and O–H groups in total. The summed E-state index contributed by atoms with van der Waals surface area (Å²) in [5.41, 5.74) is 1.13. The first kappa shape index (κ1) is 20.7. The van der Waals surface area contributed by atoms with Crippen LogP contribution in [0, 0.1) is 0 Å². The van der Waals surface area contributed by atoms with E-state index in [1.165, 1.54) is 0 Å². The summed E-state index contributed by atoms with van der Waals surface area (Å²) in [5.74, 6) is 0.721. The van der Waals surface area contributed by atoms with Crippen molar-refractivity contribution in [1.29, 1.82) is 0 Å². The molecule has 6 heteroatoms. The molecule has 1 aromatic rings. The summed E-state index contributed by atoms with van der Waals surface area (Å²) in [5, 5.41) is 6.23. The average Bonchev–Trinajstić information content (AvgIpc) is 2.51. The van der Waals surface area contributed by atoms with Crippen LogP contribution >= 0.6 is 24.0 Å². The van der Waals surface area contributed by atoms with Gasteiger partial charge in [0.1, 0.15) is 6.54 Å². The molecule has 0 bridgehead atoms. The number of carbonyl (C=O) groups excluding carboxylic acids is 1. The fourth-order valence-corrected chi connectivity index (χ4v) is 1.94. The van der Waals surface area contributed by atoms with E-state index in [1.54, 1.807) is 0 Å². The maximum absolute atomic E-state index is 12.3. The van der Waals surface area contributed by atoms with Crippen LogP contribution < -0.4 is 10.6 Å². The predicted molar refractivity (Wildman–Crippen MR) is 103 cm³/mol. The zero-order valence-electron chi connectivity index (χ0n) is 13.6. The summed E-state index contributed by atoms with van der Waals surface area (Å²) in [6.45, 7) is 9.02. The number of nitrogens with zero attached hydrogens (tertiary/aromatic N) is 2. The van der Waals surface area contributed by atoms with Gasteiger partial charge in [0.05, 0.1) is 0 Å². The first-order chi connectivity index (χ1) is 10.2. The lowest BCUT2D eigenvalue weighted by atomic mass is 10.2. The van der Waals surface area contributed by atoms with Crippen LogP contribution in [0.25, 0.3) is 0 Å². The summed E-state index contributed by atoms with van der Waals surface area (Å²) < 4.78 is 0. The molecule has 0 aliphatic rings. The minimum absolute atomic E-state index is 0. The molecule has 0 atom stereocenters. The van der Waals surface area contributed by atoms with Crippen LogP contribution in [0.5, 0.6) is 0 Å². The van der Waals surface area contributed by atoms with Gasteiger partial charge in [-0.2, -0.15) is 0 Å². The van der Waals surface area contributed by atoms with E-state index < -0.39 is 0 Å². The van der Waals surface area contributed by atoms with Crippen LogP contribution in [-0.2, 0) is 11.3 Å². The van der Waals surface area contributed by atoms with E-state index in [4.69, 9.17) is 0 Å². The number of guanidine groups is 1. The standard InChI is InChI=1S/C16H26N4O.HI/c1-4-17-16(18-5-2)19-12-15(21)20(6-3)13-14-10-8-7-9-11-14;/h7-11H,4-6,12-13H2,1-3H3,(H2,17,18,19);1H. The molecule has 0 radical (unpaired) electrons. The third-order valence-electron chi connectivity index (χ3n) is 3.01. The number of rotatable bonds is 7. The number of hydrogen-bond acceptors (Lipinski definition) is 2. The monoisotopic (exact) mass is 418 g/mol. The molecule has 0 aromatic heterocycles. The van der Waals surface area contributed by atoms with Gasteiger partial charge in [-0.25, -0.2) is 4.99 Å². The number of amides is 1. The van der Waals surface area contributed by atoms with Crippen LogP contribution in [0.3, 0.4) is 0 Å². The number of aliphatic imine (C=N–C) groups is 1. The van der Waals surface area contributed by atoms with Crippen molar-refractivity contribution in [3.8, 4) is 0 Å². The zero-order valence-corrected chi connectivity index (χ0v) is 16.0. The second-order valence-corrected chi connectivity index (χ2v) is 4.62. The second-order valence-electron chi connectivity index (χ2n) is 4.62. The Kier molecular flexibility index (Phi) is 11.5. The topological polar surface area (TPSA) is 56.7 Å². The van der Waals surface area contributed by atoms with E-state index >= 15 is 0 Å². The SMILES string of the molecule is CCNC(=NCC(=O)N(CC)Cc1ccccc1)NCC.I. The number of halogens is 1. The molecule has 1 rings (SSSR count). The number of benzene rings is 1. The molecule has 5 nitrogen and oxygen atoms in total. The lowest BCUT2D eigenvalue weighted by molar-refractivity contribution is -0.130. The fraction of sp³-hybridized carbons (Fsp3) is 0.500. The van der Waals surface area contributed by atoms with Crippen LogP contribution in [0.15, 0.2) is 35.3 Å². The van der Waals surface area contributed by atoms with Crippen molar-refractivity contribution in [2.24, 2.45) is 4.99 Å². The highest BCUT2D eigenvalue weighted by molar-refractivity contribution is 14.0. The Morgan fingerprint density at radius 3 is 2.18 bits per heavy atom. The molecule has 124 valence electrons. The van der Waals surface area contributed by atoms with Crippen LogP contribution in [0.1, 0.15) is 26.3 Å². The highest BCUT2D eigenvalue weighted by Crippen LogP contribution is 2.04. The van der Waals surface area contributed by atoms with E-state index in [-0.39, 0.29) is 36.4 Å². The summed E-state index contributed by atoms with van der Waals surface area (Å²) in [6.07, 6.45) is 0. The molecule has 0 saturated heterocycles. The molecular formula is C16H27IN4O. The second kappa shape index (κ2) is 12.3. The summed E-state index contributed by atoms with van der Waals surface area (Å²) in [4.78, 5) is 18.4. The zero-order chi connectivity index (χ0) is 15.5. The van der Waals surface area contributed by atoms with Gasteiger partial charge in [-0.15, -0.1) is 24.0 Å². The molecule has 0 heterocycles. The smallest absolute Gasteiger partial charge is 0.244 e. The van der Waals surface area contributed by atoms with Gasteiger partial charge in [0.15, 0.2) is 5.96 Å². The van der Waals surface area contributed by atoms with E-state index in [2.05, 4.69) is 15.6 Å². The largest absolute Gasteiger partial charge is 0.357 e. The number of hydrogen-bond donors (Lipinski definition) is 2. The van der Waals surface area contributed by atoms with Gasteiger partial charge in [0, 0.05) is 26.2 Å². The Labute approximate surface area is 150 Å². The van der Waals surface area contributed by atoms with Gasteiger partial charge in [-0.3, -0.25) is 4.79 Å². The van der Waals surface area contributed by atoms with Crippen molar-refractivity contribution >= 4 is 35.8 Å². The number of likely N-dealkylation sites (N-methyl/N-ethyl adjacent to an activating group) is 1. The van der Waals surface area contributed by atoms with Crippen molar-refractivity contribution < 1.29 is 4.79 Å². The van der Waals surface area contributed by atoms with Crippen LogP contribution in [-0.4, -0.2) is 42.9 Å². The van der Waals surface area contributed by atoms with Gasteiger partial charge in [0.25, 0.3) is 0 Å². The lowest BCUT2D eigenvalue weighted by Crippen LogP contribution is -2.39. The normalized spacial score (nSPS) is 9.41. The van der Waals surface area contributed by atoms with Crippen molar-refractivity contribution in [2.45, 2.75) is 27.3 Å². The van der Waals surface area contributed by atoms with Gasteiger partial charge in [-0.05, 0) is 26.3 Å². The van der Waals surface area contributed by atoms with Gasteiger partial charge >= 0.3 is 0 Å². The van der Waals surface area contributed by atoms with E-state index in [0.29, 0.717) is 19.0 Å². The minimum Gasteiger partial charge on any atom is -0.357 e. The molecule has 1 amide bonds. The quantitative estimate of drug-likeness (QED) is 0.406. The fourth-order valence-electron chi connectivity index (χ4n) is 1.94. The lowest BCUT2D eigenvalue weighted by Gasteiger charge is -2.20. The molecule has 0 fully saturated rings. The number of carbonyl (C=O) groups is 1.